The topological polar surface area (TPSA) is 62.5 Å². The van der Waals surface area contributed by atoms with Crippen molar-refractivity contribution in [1.29, 1.82) is 0 Å². The second kappa shape index (κ2) is 6.73. The zero-order valence-corrected chi connectivity index (χ0v) is 13.7. The molecule has 6 nitrogen and oxygen atoms in total. The molecule has 2 fully saturated rings. The maximum atomic E-state index is 12.8. The van der Waals surface area contributed by atoms with E-state index in [0.29, 0.717) is 11.6 Å². The van der Waals surface area contributed by atoms with Gasteiger partial charge in [-0.2, -0.15) is 0 Å². The highest BCUT2D eigenvalue weighted by molar-refractivity contribution is 5.93. The zero-order valence-electron chi connectivity index (χ0n) is 13.7. The number of nitrogens with zero attached hydrogens (tertiary/aromatic N) is 4. The molecule has 4 rings (SSSR count). The Morgan fingerprint density at radius 3 is 2.96 bits per heavy atom. The number of rotatable bonds is 4. The molecule has 0 aromatic carbocycles. The van der Waals surface area contributed by atoms with E-state index in [9.17, 15) is 4.79 Å². The first-order valence-corrected chi connectivity index (χ1v) is 8.65. The third-order valence-corrected chi connectivity index (χ3v) is 4.75. The molecule has 0 radical (unpaired) electrons. The zero-order chi connectivity index (χ0) is 16.4. The summed E-state index contributed by atoms with van der Waals surface area (Å²) in [5.41, 5.74) is 1.74. The molecule has 1 saturated carbocycles. The number of carbonyl (C=O) groups is 1. The minimum Gasteiger partial charge on any atom is -0.447 e. The Kier molecular flexibility index (Phi) is 4.30. The van der Waals surface area contributed by atoms with Crippen LogP contribution in [0.1, 0.15) is 47.0 Å². The molecule has 0 unspecified atom stereocenters. The number of carbonyl (C=O) groups excluding carboxylic acids is 1. The standard InChI is InChI=1S/C18H22N4O2/c23-18(16-17(15-4-5-15)24-13-20-16)22-8-2-7-21(9-10-22)12-14-3-1-6-19-11-14/h1,3,6,11,13,15H,2,4-5,7-10,12H2. The van der Waals surface area contributed by atoms with Crippen molar-refractivity contribution in [2.24, 2.45) is 0 Å². The summed E-state index contributed by atoms with van der Waals surface area (Å²) < 4.78 is 5.46. The molecule has 0 bridgehead atoms. The Morgan fingerprint density at radius 1 is 1.25 bits per heavy atom. The van der Waals surface area contributed by atoms with Gasteiger partial charge in [-0.3, -0.25) is 14.7 Å². The lowest BCUT2D eigenvalue weighted by atomic mass is 10.2. The molecule has 2 aromatic heterocycles. The molecule has 0 atom stereocenters. The number of hydrogen-bond acceptors (Lipinski definition) is 5. The fraction of sp³-hybridized carbons (Fsp3) is 0.500. The van der Waals surface area contributed by atoms with Gasteiger partial charge < -0.3 is 9.32 Å². The highest BCUT2D eigenvalue weighted by Gasteiger charge is 2.34. The summed E-state index contributed by atoms with van der Waals surface area (Å²) >= 11 is 0. The predicted molar refractivity (Wildman–Crippen MR) is 88.5 cm³/mol. The van der Waals surface area contributed by atoms with Crippen molar-refractivity contribution in [3.8, 4) is 0 Å². The third-order valence-electron chi connectivity index (χ3n) is 4.75. The maximum absolute atomic E-state index is 12.8. The van der Waals surface area contributed by atoms with Crippen LogP contribution >= 0.6 is 0 Å². The van der Waals surface area contributed by atoms with Crippen LogP contribution in [-0.4, -0.2) is 51.9 Å². The van der Waals surface area contributed by atoms with Gasteiger partial charge in [0.15, 0.2) is 12.1 Å². The van der Waals surface area contributed by atoms with Gasteiger partial charge >= 0.3 is 0 Å². The van der Waals surface area contributed by atoms with E-state index in [4.69, 9.17) is 4.42 Å². The molecule has 2 aliphatic rings. The molecular formula is C18H22N4O2. The van der Waals surface area contributed by atoms with Crippen LogP contribution in [0, 0.1) is 0 Å². The number of aromatic nitrogens is 2. The largest absolute Gasteiger partial charge is 0.447 e. The van der Waals surface area contributed by atoms with E-state index in [1.54, 1.807) is 6.20 Å². The van der Waals surface area contributed by atoms with Gasteiger partial charge in [0.2, 0.25) is 0 Å². The van der Waals surface area contributed by atoms with Crippen LogP contribution in [0.2, 0.25) is 0 Å². The fourth-order valence-electron chi connectivity index (χ4n) is 3.28. The van der Waals surface area contributed by atoms with E-state index in [-0.39, 0.29) is 5.91 Å². The minimum atomic E-state index is 0.0221. The molecule has 1 amide bonds. The summed E-state index contributed by atoms with van der Waals surface area (Å²) in [7, 11) is 0. The maximum Gasteiger partial charge on any atom is 0.276 e. The average Bonchev–Trinajstić information content (AvgIpc) is 3.38. The molecule has 0 N–H and O–H groups in total. The molecule has 1 aliphatic heterocycles. The first kappa shape index (κ1) is 15.3. The average molecular weight is 326 g/mol. The smallest absolute Gasteiger partial charge is 0.276 e. The lowest BCUT2D eigenvalue weighted by Crippen LogP contribution is -2.35. The lowest BCUT2D eigenvalue weighted by molar-refractivity contribution is 0.0753. The SMILES string of the molecule is O=C(c1ncoc1C1CC1)N1CCCN(Cc2cccnc2)CC1. The Morgan fingerprint density at radius 2 is 2.17 bits per heavy atom. The van der Waals surface area contributed by atoms with Gasteiger partial charge in [-0.1, -0.05) is 6.07 Å². The number of pyridine rings is 1. The van der Waals surface area contributed by atoms with Crippen LogP contribution in [0.5, 0.6) is 0 Å². The highest BCUT2D eigenvalue weighted by Crippen LogP contribution is 2.41. The molecule has 3 heterocycles. The van der Waals surface area contributed by atoms with Gasteiger partial charge in [-0.15, -0.1) is 0 Å². The Labute approximate surface area is 141 Å². The molecule has 1 aliphatic carbocycles. The van der Waals surface area contributed by atoms with Crippen LogP contribution in [0.25, 0.3) is 0 Å². The molecule has 126 valence electrons. The molecule has 2 aromatic rings. The number of amides is 1. The van der Waals surface area contributed by atoms with E-state index in [1.807, 2.05) is 17.2 Å². The Bertz CT molecular complexity index is 696. The molecule has 0 spiro atoms. The van der Waals surface area contributed by atoms with E-state index in [2.05, 4.69) is 20.9 Å². The molecule has 24 heavy (non-hydrogen) atoms. The quantitative estimate of drug-likeness (QED) is 0.863. The van der Waals surface area contributed by atoms with Crippen molar-refractivity contribution in [2.75, 3.05) is 26.2 Å². The van der Waals surface area contributed by atoms with Crippen molar-refractivity contribution in [2.45, 2.75) is 31.7 Å². The normalized spacial score (nSPS) is 19.2. The first-order chi connectivity index (χ1) is 11.8. The van der Waals surface area contributed by atoms with Crippen molar-refractivity contribution in [1.82, 2.24) is 19.8 Å². The van der Waals surface area contributed by atoms with E-state index in [1.165, 1.54) is 12.0 Å². The Hall–Kier alpha value is -2.21. The first-order valence-electron chi connectivity index (χ1n) is 8.65. The van der Waals surface area contributed by atoms with Gasteiger partial charge in [0, 0.05) is 51.0 Å². The monoisotopic (exact) mass is 326 g/mol. The van der Waals surface area contributed by atoms with Gasteiger partial charge in [0.25, 0.3) is 5.91 Å². The van der Waals surface area contributed by atoms with Crippen molar-refractivity contribution in [3.05, 3.63) is 47.9 Å². The predicted octanol–water partition coefficient (Wildman–Crippen LogP) is 2.30. The number of oxazole rings is 1. The molecule has 6 heteroatoms. The van der Waals surface area contributed by atoms with E-state index >= 15 is 0 Å². The molecule has 1 saturated heterocycles. The van der Waals surface area contributed by atoms with E-state index in [0.717, 1.165) is 57.7 Å². The van der Waals surface area contributed by atoms with E-state index < -0.39 is 0 Å². The third kappa shape index (κ3) is 3.33. The van der Waals surface area contributed by atoms with Crippen molar-refractivity contribution >= 4 is 5.91 Å². The van der Waals surface area contributed by atoms with Crippen molar-refractivity contribution in [3.63, 3.8) is 0 Å². The number of hydrogen-bond donors (Lipinski definition) is 0. The van der Waals surface area contributed by atoms with Crippen LogP contribution in [0.4, 0.5) is 0 Å². The summed E-state index contributed by atoms with van der Waals surface area (Å²) in [6, 6.07) is 4.06. The summed E-state index contributed by atoms with van der Waals surface area (Å²) in [5, 5.41) is 0. The summed E-state index contributed by atoms with van der Waals surface area (Å²) in [5.74, 6) is 1.21. The fourth-order valence-corrected chi connectivity index (χ4v) is 3.28. The van der Waals surface area contributed by atoms with Crippen LogP contribution in [-0.2, 0) is 6.54 Å². The second-order valence-corrected chi connectivity index (χ2v) is 6.62. The van der Waals surface area contributed by atoms with Crippen LogP contribution in [0.15, 0.2) is 35.3 Å². The summed E-state index contributed by atoms with van der Waals surface area (Å²) in [6.07, 6.45) is 8.30. The Balaban J connectivity index is 1.39. The van der Waals surface area contributed by atoms with Crippen molar-refractivity contribution < 1.29 is 9.21 Å². The minimum absolute atomic E-state index is 0.0221. The molecular weight excluding hydrogens is 304 g/mol. The van der Waals surface area contributed by atoms with Crippen LogP contribution < -0.4 is 0 Å². The van der Waals surface area contributed by atoms with Gasteiger partial charge in [0.1, 0.15) is 5.76 Å². The highest BCUT2D eigenvalue weighted by atomic mass is 16.3. The summed E-state index contributed by atoms with van der Waals surface area (Å²) in [4.78, 5) is 25.5. The van der Waals surface area contributed by atoms with Gasteiger partial charge in [-0.05, 0) is 30.9 Å². The summed E-state index contributed by atoms with van der Waals surface area (Å²) in [6.45, 7) is 4.26. The van der Waals surface area contributed by atoms with Crippen LogP contribution in [0.3, 0.4) is 0 Å². The second-order valence-electron chi connectivity index (χ2n) is 6.62. The lowest BCUT2D eigenvalue weighted by Gasteiger charge is -2.21. The van der Waals surface area contributed by atoms with Gasteiger partial charge in [-0.25, -0.2) is 4.98 Å². The van der Waals surface area contributed by atoms with Gasteiger partial charge in [0.05, 0.1) is 0 Å².